The number of aryl methyl sites for hydroxylation is 2. The molecule has 0 spiro atoms. The molecule has 0 unspecified atom stereocenters. The first-order valence-electron chi connectivity index (χ1n) is 10.3. The van der Waals surface area contributed by atoms with Gasteiger partial charge >= 0.3 is 6.03 Å². The van der Waals surface area contributed by atoms with Gasteiger partial charge in [0, 0.05) is 30.2 Å². The number of carbonyl (C=O) groups excluding carboxylic acids is 1. The van der Waals surface area contributed by atoms with Gasteiger partial charge in [-0.05, 0) is 62.6 Å². The van der Waals surface area contributed by atoms with E-state index in [1.54, 1.807) is 0 Å². The number of urea groups is 1. The van der Waals surface area contributed by atoms with Crippen LogP contribution in [0, 0.1) is 6.92 Å². The van der Waals surface area contributed by atoms with Crippen molar-refractivity contribution < 1.29 is 4.79 Å². The van der Waals surface area contributed by atoms with Crippen molar-refractivity contribution in [1.82, 2.24) is 9.47 Å². The second kappa shape index (κ2) is 9.46. The SMILES string of the molecule is CCc1ccc(NC(=O)N(Cc2cccn2Cc2ccc(C)cc2)C(C)C)cc1. The van der Waals surface area contributed by atoms with Crippen molar-refractivity contribution in [2.24, 2.45) is 0 Å². The number of aromatic nitrogens is 1. The van der Waals surface area contributed by atoms with E-state index in [1.807, 2.05) is 36.9 Å². The van der Waals surface area contributed by atoms with Crippen LogP contribution in [0.2, 0.25) is 0 Å². The van der Waals surface area contributed by atoms with E-state index in [2.05, 4.69) is 72.4 Å². The van der Waals surface area contributed by atoms with Crippen LogP contribution in [0.5, 0.6) is 0 Å². The molecular formula is C25H31N3O. The quantitative estimate of drug-likeness (QED) is 0.541. The first-order chi connectivity index (χ1) is 14.0. The third-order valence-corrected chi connectivity index (χ3v) is 5.23. The summed E-state index contributed by atoms with van der Waals surface area (Å²) >= 11 is 0. The molecule has 0 aliphatic carbocycles. The molecule has 3 aromatic rings. The Morgan fingerprint density at radius 1 is 1.00 bits per heavy atom. The predicted molar refractivity (Wildman–Crippen MR) is 120 cm³/mol. The smallest absolute Gasteiger partial charge is 0.322 e. The molecule has 0 saturated heterocycles. The fourth-order valence-electron chi connectivity index (χ4n) is 3.32. The van der Waals surface area contributed by atoms with Gasteiger partial charge in [0.15, 0.2) is 0 Å². The molecule has 152 valence electrons. The van der Waals surface area contributed by atoms with Crippen molar-refractivity contribution in [1.29, 1.82) is 0 Å². The summed E-state index contributed by atoms with van der Waals surface area (Å²) in [5, 5.41) is 3.04. The summed E-state index contributed by atoms with van der Waals surface area (Å²) in [6, 6.07) is 20.8. The molecule has 3 rings (SSSR count). The Morgan fingerprint density at radius 2 is 1.66 bits per heavy atom. The predicted octanol–water partition coefficient (Wildman–Crippen LogP) is 5.85. The second-order valence-electron chi connectivity index (χ2n) is 7.82. The molecule has 0 saturated carbocycles. The zero-order valence-corrected chi connectivity index (χ0v) is 17.9. The van der Waals surface area contributed by atoms with E-state index in [0.717, 1.165) is 24.3 Å². The van der Waals surface area contributed by atoms with Crippen LogP contribution in [-0.2, 0) is 19.5 Å². The zero-order chi connectivity index (χ0) is 20.8. The molecule has 1 aromatic heterocycles. The van der Waals surface area contributed by atoms with Crippen molar-refractivity contribution in [3.63, 3.8) is 0 Å². The molecule has 0 aliphatic heterocycles. The molecule has 2 amide bonds. The maximum Gasteiger partial charge on any atom is 0.322 e. The van der Waals surface area contributed by atoms with E-state index in [-0.39, 0.29) is 12.1 Å². The van der Waals surface area contributed by atoms with Crippen LogP contribution in [0.4, 0.5) is 10.5 Å². The summed E-state index contributed by atoms with van der Waals surface area (Å²) in [4.78, 5) is 14.8. The van der Waals surface area contributed by atoms with Crippen LogP contribution >= 0.6 is 0 Å². The van der Waals surface area contributed by atoms with Gasteiger partial charge in [-0.15, -0.1) is 0 Å². The topological polar surface area (TPSA) is 37.3 Å². The summed E-state index contributed by atoms with van der Waals surface area (Å²) in [5.41, 5.74) is 5.72. The average Bonchev–Trinajstić information content (AvgIpc) is 3.14. The molecular weight excluding hydrogens is 358 g/mol. The molecule has 4 nitrogen and oxygen atoms in total. The number of amides is 2. The third kappa shape index (κ3) is 5.50. The minimum absolute atomic E-state index is 0.0765. The number of rotatable bonds is 7. The van der Waals surface area contributed by atoms with Gasteiger partial charge < -0.3 is 14.8 Å². The summed E-state index contributed by atoms with van der Waals surface area (Å²) in [6.45, 7) is 9.68. The Balaban J connectivity index is 1.71. The molecule has 0 atom stereocenters. The largest absolute Gasteiger partial charge is 0.345 e. The maximum absolute atomic E-state index is 12.9. The van der Waals surface area contributed by atoms with E-state index in [9.17, 15) is 4.79 Å². The van der Waals surface area contributed by atoms with Gasteiger partial charge in [-0.1, -0.05) is 48.9 Å². The zero-order valence-electron chi connectivity index (χ0n) is 17.9. The van der Waals surface area contributed by atoms with Crippen molar-refractivity contribution >= 4 is 11.7 Å². The monoisotopic (exact) mass is 389 g/mol. The highest BCUT2D eigenvalue weighted by atomic mass is 16.2. The Hall–Kier alpha value is -3.01. The van der Waals surface area contributed by atoms with Gasteiger partial charge in [-0.25, -0.2) is 4.79 Å². The normalized spacial score (nSPS) is 10.9. The lowest BCUT2D eigenvalue weighted by Gasteiger charge is -2.27. The molecule has 29 heavy (non-hydrogen) atoms. The first kappa shape index (κ1) is 20.7. The van der Waals surface area contributed by atoms with Crippen molar-refractivity contribution in [3.05, 3.63) is 89.2 Å². The second-order valence-corrected chi connectivity index (χ2v) is 7.82. The number of hydrogen-bond acceptors (Lipinski definition) is 1. The number of nitrogens with zero attached hydrogens (tertiary/aromatic N) is 2. The summed E-state index contributed by atoms with van der Waals surface area (Å²) in [5.74, 6) is 0. The van der Waals surface area contributed by atoms with Gasteiger partial charge in [0.25, 0.3) is 0 Å². The number of carbonyl (C=O) groups is 1. The van der Waals surface area contributed by atoms with Crippen LogP contribution in [-0.4, -0.2) is 21.5 Å². The third-order valence-electron chi connectivity index (χ3n) is 5.23. The lowest BCUT2D eigenvalue weighted by atomic mass is 10.1. The summed E-state index contributed by atoms with van der Waals surface area (Å²) in [6.07, 6.45) is 3.07. The molecule has 1 heterocycles. The fourth-order valence-corrected chi connectivity index (χ4v) is 3.32. The molecule has 4 heteroatoms. The van der Waals surface area contributed by atoms with Crippen molar-refractivity contribution in [2.45, 2.75) is 53.2 Å². The minimum Gasteiger partial charge on any atom is -0.345 e. The van der Waals surface area contributed by atoms with Crippen molar-refractivity contribution in [3.8, 4) is 0 Å². The molecule has 0 aliphatic rings. The standard InChI is InChI=1S/C25H31N3O/c1-5-21-12-14-23(15-13-21)26-25(29)28(19(2)3)18-24-7-6-16-27(24)17-22-10-8-20(4)9-11-22/h6-16,19H,5,17-18H2,1-4H3,(H,26,29). The number of hydrogen-bond donors (Lipinski definition) is 1. The van der Waals surface area contributed by atoms with Crippen LogP contribution < -0.4 is 5.32 Å². The van der Waals surface area contributed by atoms with Crippen LogP contribution in [0.3, 0.4) is 0 Å². The van der Waals surface area contributed by atoms with Crippen LogP contribution in [0.15, 0.2) is 66.9 Å². The Bertz CT molecular complexity index is 923. The van der Waals surface area contributed by atoms with Gasteiger partial charge in [-0.3, -0.25) is 0 Å². The lowest BCUT2D eigenvalue weighted by Crippen LogP contribution is -2.40. The van der Waals surface area contributed by atoms with E-state index in [1.165, 1.54) is 16.7 Å². The van der Waals surface area contributed by atoms with E-state index >= 15 is 0 Å². The molecule has 1 N–H and O–H groups in total. The first-order valence-corrected chi connectivity index (χ1v) is 10.3. The number of benzene rings is 2. The highest BCUT2D eigenvalue weighted by molar-refractivity contribution is 5.89. The van der Waals surface area contributed by atoms with Gasteiger partial charge in [-0.2, -0.15) is 0 Å². The molecule has 0 fully saturated rings. The van der Waals surface area contributed by atoms with Gasteiger partial charge in [0.2, 0.25) is 0 Å². The summed E-state index contributed by atoms with van der Waals surface area (Å²) < 4.78 is 2.21. The minimum atomic E-state index is -0.0765. The Kier molecular flexibility index (Phi) is 6.76. The number of anilines is 1. The fraction of sp³-hybridized carbons (Fsp3) is 0.320. The van der Waals surface area contributed by atoms with Gasteiger partial charge in [0.1, 0.15) is 0 Å². The lowest BCUT2D eigenvalue weighted by molar-refractivity contribution is 0.192. The van der Waals surface area contributed by atoms with Gasteiger partial charge in [0.05, 0.1) is 6.54 Å². The van der Waals surface area contributed by atoms with Crippen LogP contribution in [0.25, 0.3) is 0 Å². The molecule has 0 radical (unpaired) electrons. The molecule has 0 bridgehead atoms. The Labute approximate surface area is 174 Å². The number of nitrogens with one attached hydrogen (secondary N) is 1. The van der Waals surface area contributed by atoms with E-state index in [4.69, 9.17) is 0 Å². The maximum atomic E-state index is 12.9. The average molecular weight is 390 g/mol. The van der Waals surface area contributed by atoms with E-state index in [0.29, 0.717) is 6.54 Å². The highest BCUT2D eigenvalue weighted by Gasteiger charge is 2.19. The van der Waals surface area contributed by atoms with Crippen LogP contribution in [0.1, 0.15) is 43.2 Å². The Morgan fingerprint density at radius 3 is 2.28 bits per heavy atom. The van der Waals surface area contributed by atoms with Crippen molar-refractivity contribution in [2.75, 3.05) is 5.32 Å². The highest BCUT2D eigenvalue weighted by Crippen LogP contribution is 2.16. The van der Waals surface area contributed by atoms with E-state index < -0.39 is 0 Å². The molecule has 2 aromatic carbocycles. The summed E-state index contributed by atoms with van der Waals surface area (Å²) in [7, 11) is 0.